The third-order valence-electron chi connectivity index (χ3n) is 3.93. The minimum atomic E-state index is -3.75. The van der Waals surface area contributed by atoms with E-state index >= 15 is 0 Å². The van der Waals surface area contributed by atoms with E-state index in [1.807, 2.05) is 0 Å². The second kappa shape index (κ2) is 8.84. The number of pyridine rings is 1. The molecule has 2 heterocycles. The Morgan fingerprint density at radius 1 is 1.21 bits per heavy atom. The van der Waals surface area contributed by atoms with Gasteiger partial charge < -0.3 is 14.6 Å². The van der Waals surface area contributed by atoms with Gasteiger partial charge in [-0.05, 0) is 42.5 Å². The third-order valence-corrected chi connectivity index (χ3v) is 5.31. The second-order valence-corrected chi connectivity index (χ2v) is 7.94. The molecule has 0 saturated heterocycles. The molecule has 0 spiro atoms. The number of aromatic nitrogens is 1. The molecule has 3 aromatic rings. The smallest absolute Gasteiger partial charge is 0.243 e. The number of carbonyl (C=O) groups is 1. The number of nitrogens with zero attached hydrogens (tertiary/aromatic N) is 2. The van der Waals surface area contributed by atoms with Crippen LogP contribution in [0.15, 0.2) is 70.3 Å². The van der Waals surface area contributed by atoms with Crippen molar-refractivity contribution in [3.63, 3.8) is 0 Å². The molecule has 0 fully saturated rings. The number of amides is 1. The Morgan fingerprint density at radius 2 is 2.03 bits per heavy atom. The lowest BCUT2D eigenvalue weighted by atomic mass is 10.3. The highest BCUT2D eigenvalue weighted by atomic mass is 32.2. The van der Waals surface area contributed by atoms with Crippen molar-refractivity contribution in [3.05, 3.63) is 72.6 Å². The number of likely N-dealkylation sites (N-methyl/N-ethyl adjacent to an activating group) is 1. The molecular weight excluding hydrogens is 399 g/mol. The summed E-state index contributed by atoms with van der Waals surface area (Å²) in [6.07, 6.45) is 2.67. The molecule has 8 nitrogen and oxygen atoms in total. The molecule has 1 aromatic carbocycles. The predicted molar refractivity (Wildman–Crippen MR) is 105 cm³/mol. The highest BCUT2D eigenvalue weighted by Crippen LogP contribution is 2.15. The van der Waals surface area contributed by atoms with E-state index in [0.717, 1.165) is 0 Å². The molecule has 10 heteroatoms. The van der Waals surface area contributed by atoms with Crippen molar-refractivity contribution >= 4 is 27.4 Å². The molecule has 0 unspecified atom stereocenters. The summed E-state index contributed by atoms with van der Waals surface area (Å²) in [6.45, 7) is -0.0242. The lowest BCUT2D eigenvalue weighted by Crippen LogP contribution is -2.30. The average Bonchev–Trinajstić information content (AvgIpc) is 3.20. The summed E-state index contributed by atoms with van der Waals surface area (Å²) < 4.78 is 45.3. The molecule has 1 amide bonds. The van der Waals surface area contributed by atoms with E-state index < -0.39 is 15.8 Å². The number of nitrogens with one attached hydrogen (secondary N) is 2. The van der Waals surface area contributed by atoms with E-state index in [0.29, 0.717) is 17.3 Å². The zero-order valence-corrected chi connectivity index (χ0v) is 16.3. The van der Waals surface area contributed by atoms with Gasteiger partial charge in [-0.3, -0.25) is 4.79 Å². The quantitative estimate of drug-likeness (QED) is 0.582. The zero-order chi connectivity index (χ0) is 20.9. The molecule has 152 valence electrons. The van der Waals surface area contributed by atoms with Crippen molar-refractivity contribution in [3.8, 4) is 0 Å². The lowest BCUT2D eigenvalue weighted by Gasteiger charge is -2.18. The number of furan rings is 1. The Balaban J connectivity index is 1.59. The van der Waals surface area contributed by atoms with Gasteiger partial charge in [0.1, 0.15) is 22.3 Å². The number of hydrogen-bond donors (Lipinski definition) is 2. The fourth-order valence-electron chi connectivity index (χ4n) is 2.48. The first kappa shape index (κ1) is 20.5. The minimum absolute atomic E-state index is 0.00887. The molecule has 0 bridgehead atoms. The van der Waals surface area contributed by atoms with Gasteiger partial charge in [0.15, 0.2) is 0 Å². The molecule has 0 saturated carbocycles. The molecule has 29 heavy (non-hydrogen) atoms. The van der Waals surface area contributed by atoms with Crippen molar-refractivity contribution in [1.82, 2.24) is 9.71 Å². The summed E-state index contributed by atoms with van der Waals surface area (Å²) in [7, 11) is -2.12. The maximum absolute atomic E-state index is 13.2. The van der Waals surface area contributed by atoms with E-state index in [4.69, 9.17) is 4.42 Å². The first-order chi connectivity index (χ1) is 13.8. The van der Waals surface area contributed by atoms with Crippen LogP contribution in [0.25, 0.3) is 0 Å². The van der Waals surface area contributed by atoms with Crippen LogP contribution in [0, 0.1) is 5.82 Å². The number of sulfonamides is 1. The van der Waals surface area contributed by atoms with E-state index in [1.54, 1.807) is 30.1 Å². The van der Waals surface area contributed by atoms with Crippen LogP contribution in [0.1, 0.15) is 5.76 Å². The molecule has 3 rings (SSSR count). The van der Waals surface area contributed by atoms with Gasteiger partial charge >= 0.3 is 0 Å². The molecule has 0 aliphatic heterocycles. The van der Waals surface area contributed by atoms with Crippen molar-refractivity contribution in [2.24, 2.45) is 0 Å². The number of rotatable bonds is 8. The molecular formula is C19H19FN4O4S. The SMILES string of the molecule is CN(CC(=O)Nc1cccc(F)c1)c1ccc(S(=O)(=O)NCc2ccco2)cn1. The van der Waals surface area contributed by atoms with Crippen LogP contribution < -0.4 is 14.9 Å². The highest BCUT2D eigenvalue weighted by Gasteiger charge is 2.16. The number of halogens is 1. The lowest BCUT2D eigenvalue weighted by molar-refractivity contribution is -0.114. The number of carbonyl (C=O) groups excluding carboxylic acids is 1. The second-order valence-electron chi connectivity index (χ2n) is 6.17. The van der Waals surface area contributed by atoms with Crippen molar-refractivity contribution < 1.29 is 22.0 Å². The first-order valence-corrected chi connectivity index (χ1v) is 10.1. The summed E-state index contributed by atoms with van der Waals surface area (Å²) in [5.41, 5.74) is 0.348. The van der Waals surface area contributed by atoms with E-state index in [1.165, 1.54) is 42.8 Å². The van der Waals surface area contributed by atoms with Crippen molar-refractivity contribution in [2.45, 2.75) is 11.4 Å². The monoisotopic (exact) mass is 418 g/mol. The molecule has 0 radical (unpaired) electrons. The Bertz CT molecular complexity index is 1070. The van der Waals surface area contributed by atoms with Gasteiger partial charge in [0.2, 0.25) is 15.9 Å². The van der Waals surface area contributed by atoms with Gasteiger partial charge in [0.25, 0.3) is 0 Å². The van der Waals surface area contributed by atoms with Gasteiger partial charge in [-0.1, -0.05) is 6.07 Å². The topological polar surface area (TPSA) is 105 Å². The molecule has 0 aliphatic carbocycles. The fraction of sp³-hybridized carbons (Fsp3) is 0.158. The average molecular weight is 418 g/mol. The van der Waals surface area contributed by atoms with Gasteiger partial charge in [0, 0.05) is 18.9 Å². The van der Waals surface area contributed by atoms with Crippen LogP contribution in [0.2, 0.25) is 0 Å². The normalized spacial score (nSPS) is 11.2. The van der Waals surface area contributed by atoms with Crippen molar-refractivity contribution in [2.75, 3.05) is 23.8 Å². The van der Waals surface area contributed by atoms with Gasteiger partial charge in [-0.25, -0.2) is 22.5 Å². The Hall–Kier alpha value is -3.24. The summed E-state index contributed by atoms with van der Waals surface area (Å²) in [6, 6.07) is 11.8. The molecule has 0 atom stereocenters. The Labute approximate surface area is 167 Å². The first-order valence-electron chi connectivity index (χ1n) is 8.58. The summed E-state index contributed by atoms with van der Waals surface area (Å²) in [5, 5.41) is 2.59. The maximum atomic E-state index is 13.2. The van der Waals surface area contributed by atoms with Crippen LogP contribution in [-0.4, -0.2) is 32.9 Å². The molecule has 2 N–H and O–H groups in total. The fourth-order valence-corrected chi connectivity index (χ4v) is 3.42. The molecule has 0 aliphatic rings. The van der Waals surface area contributed by atoms with Gasteiger partial charge in [0.05, 0.1) is 19.4 Å². The molecule has 2 aromatic heterocycles. The number of anilines is 2. The van der Waals surface area contributed by atoms with Crippen molar-refractivity contribution in [1.29, 1.82) is 0 Å². The standard InChI is InChI=1S/C19H19FN4O4S/c1-24(13-19(25)23-15-5-2-4-14(20)10-15)18-8-7-17(12-21-18)29(26,27)22-11-16-6-3-9-28-16/h2-10,12,22H,11,13H2,1H3,(H,23,25). The van der Waals surface area contributed by atoms with Crippen LogP contribution >= 0.6 is 0 Å². The number of benzene rings is 1. The predicted octanol–water partition coefficient (Wildman–Crippen LogP) is 2.37. The van der Waals surface area contributed by atoms with E-state index in [9.17, 15) is 17.6 Å². The Morgan fingerprint density at radius 3 is 2.69 bits per heavy atom. The van der Waals surface area contributed by atoms with Gasteiger partial charge in [-0.15, -0.1) is 0 Å². The summed E-state index contributed by atoms with van der Waals surface area (Å²) in [4.78, 5) is 17.8. The Kier molecular flexibility index (Phi) is 6.25. The third kappa shape index (κ3) is 5.62. The summed E-state index contributed by atoms with van der Waals surface area (Å²) in [5.74, 6) is 0.0820. The van der Waals surface area contributed by atoms with Crippen LogP contribution in [0.3, 0.4) is 0 Å². The summed E-state index contributed by atoms with van der Waals surface area (Å²) >= 11 is 0. The highest BCUT2D eigenvalue weighted by molar-refractivity contribution is 7.89. The minimum Gasteiger partial charge on any atom is -0.468 e. The van der Waals surface area contributed by atoms with Crippen LogP contribution in [-0.2, 0) is 21.4 Å². The van der Waals surface area contributed by atoms with Gasteiger partial charge in [-0.2, -0.15) is 0 Å². The van der Waals surface area contributed by atoms with E-state index in [-0.39, 0.29) is 23.9 Å². The van der Waals surface area contributed by atoms with Crippen LogP contribution in [0.5, 0.6) is 0 Å². The zero-order valence-electron chi connectivity index (χ0n) is 15.5. The van der Waals surface area contributed by atoms with Crippen LogP contribution in [0.4, 0.5) is 15.9 Å². The number of hydrogen-bond acceptors (Lipinski definition) is 6. The van der Waals surface area contributed by atoms with E-state index in [2.05, 4.69) is 15.0 Å². The largest absolute Gasteiger partial charge is 0.468 e. The maximum Gasteiger partial charge on any atom is 0.243 e.